The van der Waals surface area contributed by atoms with E-state index in [1.165, 1.54) is 0 Å². The number of rotatable bonds is 3. The van der Waals surface area contributed by atoms with E-state index in [9.17, 15) is 5.11 Å². The summed E-state index contributed by atoms with van der Waals surface area (Å²) in [5, 5.41) is 9.85. The second-order valence-electron chi connectivity index (χ2n) is 4.17. The number of pyridine rings is 1. The van der Waals surface area contributed by atoms with Crippen molar-refractivity contribution < 1.29 is 5.11 Å². The van der Waals surface area contributed by atoms with Crippen LogP contribution in [0, 0.1) is 0 Å². The predicted octanol–water partition coefficient (Wildman–Crippen LogP) is 0.758. The molecule has 0 amide bonds. The fourth-order valence-corrected chi connectivity index (χ4v) is 1.98. The van der Waals surface area contributed by atoms with E-state index < -0.39 is 6.10 Å². The van der Waals surface area contributed by atoms with Crippen molar-refractivity contribution in [3.8, 4) is 0 Å². The zero-order valence-corrected chi connectivity index (χ0v) is 8.87. The van der Waals surface area contributed by atoms with Gasteiger partial charge in [-0.3, -0.25) is 0 Å². The molecule has 3 rings (SSSR count). The Kier molecular flexibility index (Phi) is 2.15. The molecule has 5 nitrogen and oxygen atoms in total. The molecule has 0 saturated heterocycles. The molecule has 1 saturated carbocycles. The topological polar surface area (TPSA) is 77.0 Å². The van der Waals surface area contributed by atoms with Gasteiger partial charge in [0.2, 0.25) is 0 Å². The number of nitrogens with zero attached hydrogens (tertiary/aromatic N) is 3. The van der Waals surface area contributed by atoms with Gasteiger partial charge in [0.15, 0.2) is 5.65 Å². The summed E-state index contributed by atoms with van der Waals surface area (Å²) in [4.78, 5) is 8.74. The van der Waals surface area contributed by atoms with E-state index in [4.69, 9.17) is 5.73 Å². The van der Waals surface area contributed by atoms with E-state index in [1.807, 2.05) is 16.7 Å². The molecule has 0 aromatic carbocycles. The summed E-state index contributed by atoms with van der Waals surface area (Å²) in [5.41, 5.74) is 7.18. The average molecular weight is 218 g/mol. The van der Waals surface area contributed by atoms with Crippen LogP contribution < -0.4 is 5.73 Å². The van der Waals surface area contributed by atoms with Crippen LogP contribution in [-0.4, -0.2) is 26.2 Å². The van der Waals surface area contributed by atoms with Crippen LogP contribution >= 0.6 is 0 Å². The second kappa shape index (κ2) is 3.54. The number of nitrogens with two attached hydrogens (primary N) is 1. The molecule has 3 N–H and O–H groups in total. The van der Waals surface area contributed by atoms with Gasteiger partial charge >= 0.3 is 0 Å². The van der Waals surface area contributed by atoms with E-state index in [1.54, 1.807) is 6.20 Å². The summed E-state index contributed by atoms with van der Waals surface area (Å²) < 4.78 is 2.03. The molecule has 0 spiro atoms. The molecule has 84 valence electrons. The van der Waals surface area contributed by atoms with Crippen LogP contribution in [0.1, 0.15) is 30.8 Å². The quantitative estimate of drug-likeness (QED) is 0.797. The first kappa shape index (κ1) is 9.74. The van der Waals surface area contributed by atoms with Gasteiger partial charge in [0, 0.05) is 18.8 Å². The highest BCUT2D eigenvalue weighted by Gasteiger charge is 2.30. The molecule has 5 heteroatoms. The molecule has 0 bridgehead atoms. The van der Waals surface area contributed by atoms with Crippen molar-refractivity contribution in [2.45, 2.75) is 25.0 Å². The monoisotopic (exact) mass is 218 g/mol. The van der Waals surface area contributed by atoms with Crippen molar-refractivity contribution in [2.24, 2.45) is 5.73 Å². The molecule has 1 fully saturated rings. The average Bonchev–Trinajstić information content (AvgIpc) is 3.08. The molecule has 2 heterocycles. The summed E-state index contributed by atoms with van der Waals surface area (Å²) in [6.07, 6.45) is 3.31. The number of fused-ring (bicyclic) bond motifs is 1. The summed E-state index contributed by atoms with van der Waals surface area (Å²) in [7, 11) is 0. The molecule has 2 aromatic heterocycles. The van der Waals surface area contributed by atoms with Crippen LogP contribution in [0.3, 0.4) is 0 Å². The van der Waals surface area contributed by atoms with Gasteiger partial charge in [-0.1, -0.05) is 0 Å². The number of aliphatic hydroxyl groups is 1. The molecule has 1 unspecified atom stereocenters. The lowest BCUT2D eigenvalue weighted by molar-refractivity contribution is 0.172. The number of imidazole rings is 1. The smallest absolute Gasteiger partial charge is 0.160 e. The van der Waals surface area contributed by atoms with Crippen molar-refractivity contribution in [2.75, 3.05) is 6.54 Å². The van der Waals surface area contributed by atoms with Crippen LogP contribution in [0.4, 0.5) is 0 Å². The molecule has 2 aromatic rings. The van der Waals surface area contributed by atoms with Gasteiger partial charge in [0.1, 0.15) is 17.4 Å². The van der Waals surface area contributed by atoms with Gasteiger partial charge in [-0.2, -0.15) is 0 Å². The number of aromatic nitrogens is 3. The third-order valence-corrected chi connectivity index (χ3v) is 2.91. The number of hydrogen-bond acceptors (Lipinski definition) is 4. The maximum atomic E-state index is 9.85. The zero-order valence-electron chi connectivity index (χ0n) is 8.87. The molecular formula is C11H14N4O. The molecular weight excluding hydrogens is 204 g/mol. The first-order valence-electron chi connectivity index (χ1n) is 5.52. The molecule has 16 heavy (non-hydrogen) atoms. The van der Waals surface area contributed by atoms with Crippen molar-refractivity contribution in [1.29, 1.82) is 0 Å². The normalized spacial score (nSPS) is 17.9. The standard InChI is InChI=1S/C11H14N4O/c12-6-9(16)11-14-8-2-1-5-13-10(8)15(11)7-3-4-7/h1-2,5,7,9,16H,3-4,6,12H2. The summed E-state index contributed by atoms with van der Waals surface area (Å²) in [6.45, 7) is 0.191. The highest BCUT2D eigenvalue weighted by atomic mass is 16.3. The third-order valence-electron chi connectivity index (χ3n) is 2.91. The van der Waals surface area contributed by atoms with Crippen LogP contribution in [0.15, 0.2) is 18.3 Å². The minimum Gasteiger partial charge on any atom is -0.384 e. The highest BCUT2D eigenvalue weighted by molar-refractivity contribution is 5.71. The van der Waals surface area contributed by atoms with E-state index in [0.717, 1.165) is 24.0 Å². The van der Waals surface area contributed by atoms with Gasteiger partial charge in [0.05, 0.1) is 0 Å². The van der Waals surface area contributed by atoms with E-state index >= 15 is 0 Å². The first-order chi connectivity index (χ1) is 7.81. The van der Waals surface area contributed by atoms with E-state index in [2.05, 4.69) is 9.97 Å². The highest BCUT2D eigenvalue weighted by Crippen LogP contribution is 2.39. The Hall–Kier alpha value is -1.46. The molecule has 1 aliphatic carbocycles. The second-order valence-corrected chi connectivity index (χ2v) is 4.17. The largest absolute Gasteiger partial charge is 0.384 e. The fourth-order valence-electron chi connectivity index (χ4n) is 1.98. The third kappa shape index (κ3) is 1.40. The van der Waals surface area contributed by atoms with E-state index in [-0.39, 0.29) is 6.54 Å². The molecule has 1 atom stereocenters. The van der Waals surface area contributed by atoms with Crippen molar-refractivity contribution in [1.82, 2.24) is 14.5 Å². The van der Waals surface area contributed by atoms with Gasteiger partial charge < -0.3 is 15.4 Å². The Morgan fingerprint density at radius 3 is 3.06 bits per heavy atom. The lowest BCUT2D eigenvalue weighted by Crippen LogP contribution is -2.16. The van der Waals surface area contributed by atoms with E-state index in [0.29, 0.717) is 11.9 Å². The SMILES string of the molecule is NCC(O)c1nc2cccnc2n1C1CC1. The summed E-state index contributed by atoms with van der Waals surface area (Å²) >= 11 is 0. The lowest BCUT2D eigenvalue weighted by Gasteiger charge is -2.10. The van der Waals surface area contributed by atoms with Gasteiger partial charge in [-0.25, -0.2) is 9.97 Å². The van der Waals surface area contributed by atoms with Crippen molar-refractivity contribution in [3.05, 3.63) is 24.2 Å². The van der Waals surface area contributed by atoms with Crippen LogP contribution in [0.25, 0.3) is 11.2 Å². The molecule has 0 radical (unpaired) electrons. The molecule has 1 aliphatic rings. The first-order valence-corrected chi connectivity index (χ1v) is 5.52. The molecule has 0 aliphatic heterocycles. The number of hydrogen-bond donors (Lipinski definition) is 2. The van der Waals surface area contributed by atoms with Crippen molar-refractivity contribution >= 4 is 11.2 Å². The Morgan fingerprint density at radius 1 is 1.56 bits per heavy atom. The number of aliphatic hydroxyl groups excluding tert-OH is 1. The van der Waals surface area contributed by atoms with Gasteiger partial charge in [-0.05, 0) is 25.0 Å². The van der Waals surface area contributed by atoms with Crippen molar-refractivity contribution in [3.63, 3.8) is 0 Å². The van der Waals surface area contributed by atoms with Crippen LogP contribution in [0.2, 0.25) is 0 Å². The maximum absolute atomic E-state index is 9.85. The Bertz CT molecular complexity index is 518. The zero-order chi connectivity index (χ0) is 11.1. The van der Waals surface area contributed by atoms with Gasteiger partial charge in [-0.15, -0.1) is 0 Å². The van der Waals surface area contributed by atoms with Crippen LogP contribution in [0.5, 0.6) is 0 Å². The fraction of sp³-hybridized carbons (Fsp3) is 0.455. The Labute approximate surface area is 92.9 Å². The minimum atomic E-state index is -0.699. The summed E-state index contributed by atoms with van der Waals surface area (Å²) in [6, 6.07) is 4.20. The predicted molar refractivity (Wildman–Crippen MR) is 59.8 cm³/mol. The maximum Gasteiger partial charge on any atom is 0.160 e. The minimum absolute atomic E-state index is 0.191. The van der Waals surface area contributed by atoms with Gasteiger partial charge in [0.25, 0.3) is 0 Å². The lowest BCUT2D eigenvalue weighted by atomic mass is 10.3. The van der Waals surface area contributed by atoms with Crippen LogP contribution in [-0.2, 0) is 0 Å². The Balaban J connectivity index is 2.22. The summed E-state index contributed by atoms with van der Waals surface area (Å²) in [5.74, 6) is 0.652. The Morgan fingerprint density at radius 2 is 2.38 bits per heavy atom.